The van der Waals surface area contributed by atoms with Crippen LogP contribution in [-0.4, -0.2) is 30.0 Å². The molecule has 0 atom stereocenters. The molecule has 4 heterocycles. The van der Waals surface area contributed by atoms with E-state index in [0.717, 1.165) is 17.8 Å². The maximum Gasteiger partial charge on any atom is 2.00 e. The average molecular weight is 646 g/mol. The Kier molecular flexibility index (Phi) is 8.37. The van der Waals surface area contributed by atoms with Crippen molar-refractivity contribution < 1.29 is 47.4 Å². The number of aryl methyl sites for hydroxylation is 1. The number of halogens is 6. The zero-order chi connectivity index (χ0) is 23.4. The molecule has 0 unspecified atom stereocenters. The van der Waals surface area contributed by atoms with Crippen molar-refractivity contribution in [2.24, 2.45) is 0 Å². The van der Waals surface area contributed by atoms with Gasteiger partial charge in [0.15, 0.2) is 0 Å². The third kappa shape index (κ3) is 7.14. The van der Waals surface area contributed by atoms with Crippen molar-refractivity contribution in [3.63, 3.8) is 0 Å². The van der Waals surface area contributed by atoms with E-state index < -0.39 is 23.9 Å². The maximum absolute atomic E-state index is 12.3. The van der Waals surface area contributed by atoms with E-state index in [1.807, 2.05) is 6.92 Å². The van der Waals surface area contributed by atoms with Crippen molar-refractivity contribution in [2.75, 3.05) is 0 Å². The number of hydrogen-bond donors (Lipinski definition) is 0. The molecule has 0 aliphatic carbocycles. The van der Waals surface area contributed by atoms with Gasteiger partial charge in [0, 0.05) is 36.2 Å². The first-order chi connectivity index (χ1) is 15.0. The fourth-order valence-corrected chi connectivity index (χ4v) is 2.23. The first kappa shape index (κ1) is 26.0. The zero-order valence-corrected chi connectivity index (χ0v) is 18.6. The summed E-state index contributed by atoms with van der Waals surface area (Å²) in [5.74, 6) is -1.22. The Bertz CT molecular complexity index is 1160. The van der Waals surface area contributed by atoms with Crippen LogP contribution in [0.15, 0.2) is 49.2 Å². The molecule has 0 saturated heterocycles. The quantitative estimate of drug-likeness (QED) is 0.239. The number of pyridine rings is 1. The van der Waals surface area contributed by atoms with Gasteiger partial charge in [-0.25, -0.2) is 0 Å². The molecule has 0 N–H and O–H groups in total. The SMILES string of the molecule is Cc1ccnc(-c2cc(C(F)(F)F)n[n-]2)c1.FC(F)(F)c1n[c-]c(-c2cnccn2)cn1.[Pt+2]. The Labute approximate surface area is 197 Å². The van der Waals surface area contributed by atoms with Crippen LogP contribution in [0.2, 0.25) is 0 Å². The fourth-order valence-electron chi connectivity index (χ4n) is 2.23. The van der Waals surface area contributed by atoms with Crippen LogP contribution in [-0.2, 0) is 33.4 Å². The Hall–Kier alpha value is -3.21. The van der Waals surface area contributed by atoms with Crippen molar-refractivity contribution in [1.29, 1.82) is 0 Å². The van der Waals surface area contributed by atoms with Gasteiger partial charge >= 0.3 is 33.4 Å². The topological polar surface area (TPSA) is 91.4 Å². The zero-order valence-electron chi connectivity index (χ0n) is 16.3. The summed E-state index contributed by atoms with van der Waals surface area (Å²) in [4.78, 5) is 17.9. The fraction of sp³-hybridized carbons (Fsp3) is 0.158. The minimum Gasteiger partial charge on any atom is -0.573 e. The van der Waals surface area contributed by atoms with Crippen LogP contribution in [0.1, 0.15) is 17.1 Å². The largest absolute Gasteiger partial charge is 2.00 e. The van der Waals surface area contributed by atoms with Gasteiger partial charge in [0.05, 0.1) is 0 Å². The molecular weight excluding hydrogens is 635 g/mol. The van der Waals surface area contributed by atoms with Gasteiger partial charge in [-0.15, -0.1) is 0 Å². The monoisotopic (exact) mass is 646 g/mol. The predicted octanol–water partition coefficient (Wildman–Crippen LogP) is 4.18. The summed E-state index contributed by atoms with van der Waals surface area (Å²) >= 11 is 0. The summed E-state index contributed by atoms with van der Waals surface area (Å²) in [6.45, 7) is 1.83. The van der Waals surface area contributed by atoms with Crippen molar-refractivity contribution >= 4 is 0 Å². The molecule has 0 aromatic carbocycles. The molecule has 4 aromatic rings. The summed E-state index contributed by atoms with van der Waals surface area (Å²) in [7, 11) is 0. The van der Waals surface area contributed by atoms with E-state index in [4.69, 9.17) is 0 Å². The molecule has 33 heavy (non-hydrogen) atoms. The summed E-state index contributed by atoms with van der Waals surface area (Å²) in [6.07, 6.45) is -0.000702. The first-order valence-corrected chi connectivity index (χ1v) is 8.63. The van der Waals surface area contributed by atoms with E-state index in [1.54, 1.807) is 12.1 Å². The van der Waals surface area contributed by atoms with Gasteiger partial charge in [0.1, 0.15) is 11.5 Å². The Morgan fingerprint density at radius 3 is 2.09 bits per heavy atom. The van der Waals surface area contributed by atoms with E-state index in [9.17, 15) is 26.3 Å². The van der Waals surface area contributed by atoms with E-state index >= 15 is 0 Å². The summed E-state index contributed by atoms with van der Waals surface area (Å²) in [5.41, 5.74) is 1.07. The van der Waals surface area contributed by atoms with Gasteiger partial charge in [-0.3, -0.25) is 9.97 Å². The number of alkyl halides is 6. The van der Waals surface area contributed by atoms with Crippen molar-refractivity contribution in [2.45, 2.75) is 19.3 Å². The molecule has 0 aliphatic rings. The van der Waals surface area contributed by atoms with E-state index in [1.165, 1.54) is 24.8 Å². The first-order valence-electron chi connectivity index (χ1n) is 8.63. The van der Waals surface area contributed by atoms with Crippen LogP contribution in [0.4, 0.5) is 26.3 Å². The second kappa shape index (κ2) is 10.6. The molecule has 0 fully saturated rings. The second-order valence-corrected chi connectivity index (χ2v) is 6.14. The molecule has 4 rings (SSSR count). The normalized spacial score (nSPS) is 11.2. The molecule has 14 heteroatoms. The number of hydrogen-bond acceptors (Lipinski definition) is 6. The van der Waals surface area contributed by atoms with Crippen molar-refractivity contribution in [3.8, 4) is 22.6 Å². The molecule has 0 aliphatic heterocycles. The summed E-state index contributed by atoms with van der Waals surface area (Å²) < 4.78 is 73.3. The third-order valence-electron chi connectivity index (χ3n) is 3.70. The van der Waals surface area contributed by atoms with Crippen LogP contribution in [0.25, 0.3) is 22.6 Å². The molecule has 174 valence electrons. The Morgan fingerprint density at radius 2 is 1.58 bits per heavy atom. The third-order valence-corrected chi connectivity index (χ3v) is 3.70. The molecular formula is C19H11F6N7Pt. The molecule has 4 aromatic heterocycles. The molecule has 0 amide bonds. The number of nitrogens with zero attached hydrogens (tertiary/aromatic N) is 7. The van der Waals surface area contributed by atoms with Crippen LogP contribution in [0, 0.1) is 13.1 Å². The smallest absolute Gasteiger partial charge is 0.573 e. The van der Waals surface area contributed by atoms with Gasteiger partial charge in [-0.05, 0) is 36.9 Å². The van der Waals surface area contributed by atoms with E-state index in [0.29, 0.717) is 11.4 Å². The molecule has 0 bridgehead atoms. The Morgan fingerprint density at radius 1 is 0.848 bits per heavy atom. The average Bonchev–Trinajstić information content (AvgIpc) is 3.26. The molecule has 0 radical (unpaired) electrons. The minimum absolute atomic E-state index is 0. The standard InChI is InChI=1S/C10H7F3N3.C9H4F3N4.Pt/c1-6-2-3-14-7(4-6)8-5-9(16-15-8)10(11,12)13;10-9(11,12)8-15-3-6(4-16-8)7-5-13-1-2-14-7;/h2-5H,1H3;1-3,5H;/q2*-1;+2. The Balaban J connectivity index is 0.000000227. The van der Waals surface area contributed by atoms with Gasteiger partial charge in [0.25, 0.3) is 0 Å². The van der Waals surface area contributed by atoms with Gasteiger partial charge in [-0.2, -0.15) is 26.3 Å². The van der Waals surface area contributed by atoms with Gasteiger partial charge in [-0.1, -0.05) is 17.5 Å². The maximum atomic E-state index is 12.3. The van der Waals surface area contributed by atoms with Gasteiger partial charge in [0.2, 0.25) is 0 Å². The number of rotatable bonds is 2. The molecule has 7 nitrogen and oxygen atoms in total. The minimum atomic E-state index is -4.56. The van der Waals surface area contributed by atoms with Crippen LogP contribution >= 0.6 is 0 Å². The second-order valence-electron chi connectivity index (χ2n) is 6.14. The molecule has 0 spiro atoms. The molecule has 0 saturated carbocycles. The summed E-state index contributed by atoms with van der Waals surface area (Å²) in [5, 5.41) is 6.54. The van der Waals surface area contributed by atoms with Crippen molar-refractivity contribution in [1.82, 2.24) is 35.1 Å². The van der Waals surface area contributed by atoms with Crippen molar-refractivity contribution in [3.05, 3.63) is 72.5 Å². The number of aromatic nitrogens is 7. The van der Waals surface area contributed by atoms with Crippen LogP contribution in [0.5, 0.6) is 0 Å². The van der Waals surface area contributed by atoms with Crippen LogP contribution < -0.4 is 5.10 Å². The van der Waals surface area contributed by atoms with E-state index in [-0.39, 0.29) is 32.3 Å². The summed E-state index contributed by atoms with van der Waals surface area (Å²) in [6, 6.07) is 4.30. The van der Waals surface area contributed by atoms with E-state index in [2.05, 4.69) is 41.3 Å². The van der Waals surface area contributed by atoms with Crippen LogP contribution in [0.3, 0.4) is 0 Å². The predicted molar refractivity (Wildman–Crippen MR) is 97.4 cm³/mol. The van der Waals surface area contributed by atoms with Gasteiger partial charge < -0.3 is 25.1 Å².